The number of oxime groups is 2. The van der Waals surface area contributed by atoms with Gasteiger partial charge in [-0.15, -0.1) is 0 Å². The molecule has 0 amide bonds. The predicted octanol–water partition coefficient (Wildman–Crippen LogP) is 4.84. The van der Waals surface area contributed by atoms with Gasteiger partial charge < -0.3 is 20.3 Å². The van der Waals surface area contributed by atoms with Crippen molar-refractivity contribution in [2.75, 3.05) is 13.1 Å². The monoisotopic (exact) mass is 424 g/mol. The molecule has 0 saturated heterocycles. The van der Waals surface area contributed by atoms with Gasteiger partial charge in [-0.3, -0.25) is 10.8 Å². The van der Waals surface area contributed by atoms with Crippen molar-refractivity contribution >= 4 is 23.2 Å². The standard InChI is InChI=1S/C22H44N6O2/c1-9-11-19(23)29-27-17(3)15-21(5,6)25-13-14-26-22(7,8)16-18(4)28-30-20(24)12-10-2/h23-26H,9-16H2,1-8H3/b23-19?,24-20?,27-17+,28-18+. The van der Waals surface area contributed by atoms with Crippen LogP contribution in [0.3, 0.4) is 0 Å². The van der Waals surface area contributed by atoms with E-state index in [2.05, 4.69) is 48.6 Å². The predicted molar refractivity (Wildman–Crippen MR) is 127 cm³/mol. The van der Waals surface area contributed by atoms with Crippen LogP contribution in [-0.2, 0) is 9.68 Å². The van der Waals surface area contributed by atoms with Crippen LogP contribution in [0.4, 0.5) is 0 Å². The SMILES string of the molecule is CCCC(=N)O/N=C(\C)CC(C)(C)NCCNC(C)(C)C/C(C)=N/OC(=N)CCC. The molecule has 8 nitrogen and oxygen atoms in total. The van der Waals surface area contributed by atoms with Crippen molar-refractivity contribution in [2.45, 2.75) is 105 Å². The first kappa shape index (κ1) is 28.2. The lowest BCUT2D eigenvalue weighted by Crippen LogP contribution is -2.48. The van der Waals surface area contributed by atoms with Crippen LogP contribution < -0.4 is 10.6 Å². The summed E-state index contributed by atoms with van der Waals surface area (Å²) < 4.78 is 0. The molecule has 0 rings (SSSR count). The highest BCUT2D eigenvalue weighted by Gasteiger charge is 2.21. The van der Waals surface area contributed by atoms with Gasteiger partial charge in [-0.2, -0.15) is 0 Å². The summed E-state index contributed by atoms with van der Waals surface area (Å²) in [6.07, 6.45) is 4.45. The third-order valence-electron chi connectivity index (χ3n) is 4.31. The fraction of sp³-hybridized carbons (Fsp3) is 0.818. The van der Waals surface area contributed by atoms with Crippen LogP contribution in [0.1, 0.15) is 93.9 Å². The van der Waals surface area contributed by atoms with Crippen molar-refractivity contribution in [1.29, 1.82) is 10.8 Å². The Morgan fingerprint density at radius 2 is 1.07 bits per heavy atom. The molecular formula is C22H44N6O2. The van der Waals surface area contributed by atoms with Crippen LogP contribution >= 0.6 is 0 Å². The maximum absolute atomic E-state index is 7.64. The third-order valence-corrected chi connectivity index (χ3v) is 4.31. The number of nitrogens with zero attached hydrogens (tertiary/aromatic N) is 2. The Morgan fingerprint density at radius 1 is 0.733 bits per heavy atom. The molecule has 0 saturated carbocycles. The Labute approximate surface area is 183 Å². The minimum absolute atomic E-state index is 0.124. The summed E-state index contributed by atoms with van der Waals surface area (Å²) in [7, 11) is 0. The Balaban J connectivity index is 4.33. The smallest absolute Gasteiger partial charge is 0.217 e. The van der Waals surface area contributed by atoms with Crippen LogP contribution in [0.5, 0.6) is 0 Å². The van der Waals surface area contributed by atoms with Crippen LogP contribution in [0, 0.1) is 10.8 Å². The summed E-state index contributed by atoms with van der Waals surface area (Å²) >= 11 is 0. The van der Waals surface area contributed by atoms with Crippen LogP contribution in [-0.4, -0.2) is 47.4 Å². The largest absolute Gasteiger partial charge is 0.342 e. The van der Waals surface area contributed by atoms with Gasteiger partial charge in [-0.1, -0.05) is 24.2 Å². The van der Waals surface area contributed by atoms with E-state index in [0.29, 0.717) is 12.8 Å². The molecule has 0 bridgehead atoms. The van der Waals surface area contributed by atoms with E-state index in [9.17, 15) is 0 Å². The number of rotatable bonds is 15. The van der Waals surface area contributed by atoms with E-state index >= 15 is 0 Å². The lowest BCUT2D eigenvalue weighted by Gasteiger charge is -2.29. The topological polar surface area (TPSA) is 115 Å². The van der Waals surface area contributed by atoms with E-state index in [0.717, 1.165) is 50.2 Å². The highest BCUT2D eigenvalue weighted by Crippen LogP contribution is 2.12. The van der Waals surface area contributed by atoms with E-state index in [4.69, 9.17) is 20.5 Å². The zero-order valence-corrected chi connectivity index (χ0v) is 20.4. The molecule has 174 valence electrons. The van der Waals surface area contributed by atoms with E-state index in [-0.39, 0.29) is 22.9 Å². The second-order valence-electron chi connectivity index (χ2n) is 9.16. The van der Waals surface area contributed by atoms with Gasteiger partial charge >= 0.3 is 0 Å². The number of hydrogen-bond acceptors (Lipinski definition) is 8. The Bertz CT molecular complexity index is 544. The van der Waals surface area contributed by atoms with E-state index < -0.39 is 0 Å². The van der Waals surface area contributed by atoms with Crippen molar-refractivity contribution in [3.05, 3.63) is 0 Å². The summed E-state index contributed by atoms with van der Waals surface area (Å²) in [4.78, 5) is 10.3. The molecule has 0 aromatic carbocycles. The quantitative estimate of drug-likeness (QED) is 0.130. The molecule has 0 radical (unpaired) electrons. The number of nitrogens with one attached hydrogen (secondary N) is 4. The maximum Gasteiger partial charge on any atom is 0.217 e. The molecule has 0 aromatic heterocycles. The van der Waals surface area contributed by atoms with Gasteiger partial charge in [0.2, 0.25) is 11.8 Å². The first-order valence-corrected chi connectivity index (χ1v) is 11.0. The second kappa shape index (κ2) is 14.2. The van der Waals surface area contributed by atoms with Gasteiger partial charge in [0.15, 0.2) is 0 Å². The first-order valence-electron chi connectivity index (χ1n) is 11.0. The average Bonchev–Trinajstić information content (AvgIpc) is 2.62. The van der Waals surface area contributed by atoms with Crippen molar-refractivity contribution < 1.29 is 9.68 Å². The molecule has 0 aliphatic rings. The molecule has 0 aliphatic heterocycles. The molecule has 0 heterocycles. The second-order valence-corrected chi connectivity index (χ2v) is 9.16. The molecule has 0 spiro atoms. The van der Waals surface area contributed by atoms with Crippen molar-refractivity contribution in [2.24, 2.45) is 10.3 Å². The molecule has 0 aliphatic carbocycles. The molecule has 8 heteroatoms. The van der Waals surface area contributed by atoms with Crippen molar-refractivity contribution in [3.63, 3.8) is 0 Å². The summed E-state index contributed by atoms with van der Waals surface area (Å²) in [5.74, 6) is 0.418. The molecule has 30 heavy (non-hydrogen) atoms. The van der Waals surface area contributed by atoms with Gasteiger partial charge in [0.05, 0.1) is 11.4 Å². The van der Waals surface area contributed by atoms with Crippen LogP contribution in [0.25, 0.3) is 0 Å². The minimum atomic E-state index is -0.124. The van der Waals surface area contributed by atoms with E-state index in [1.54, 1.807) is 0 Å². The van der Waals surface area contributed by atoms with E-state index in [1.165, 1.54) is 0 Å². The number of hydrogen-bond donors (Lipinski definition) is 4. The Morgan fingerprint density at radius 3 is 1.37 bits per heavy atom. The van der Waals surface area contributed by atoms with Crippen LogP contribution in [0.2, 0.25) is 0 Å². The molecule has 0 fully saturated rings. The van der Waals surface area contributed by atoms with Gasteiger partial charge in [-0.05, 0) is 54.4 Å². The molecule has 0 unspecified atom stereocenters. The minimum Gasteiger partial charge on any atom is -0.342 e. The summed E-state index contributed by atoms with van der Waals surface area (Å²) in [5.41, 5.74) is 1.48. The molecule has 0 aromatic rings. The summed E-state index contributed by atoms with van der Waals surface area (Å²) in [5, 5.41) is 30.5. The zero-order valence-electron chi connectivity index (χ0n) is 20.4. The van der Waals surface area contributed by atoms with Crippen molar-refractivity contribution in [1.82, 2.24) is 10.6 Å². The highest BCUT2D eigenvalue weighted by atomic mass is 16.6. The Hall–Kier alpha value is -1.80. The summed E-state index contributed by atoms with van der Waals surface area (Å²) in [6, 6.07) is 0. The fourth-order valence-electron chi connectivity index (χ4n) is 3.08. The first-order chi connectivity index (χ1) is 13.9. The van der Waals surface area contributed by atoms with E-state index in [1.807, 2.05) is 27.7 Å². The maximum atomic E-state index is 7.64. The van der Waals surface area contributed by atoms with Crippen LogP contribution in [0.15, 0.2) is 10.3 Å². The zero-order chi connectivity index (χ0) is 23.2. The third kappa shape index (κ3) is 15.1. The lowest BCUT2D eigenvalue weighted by atomic mass is 9.97. The Kier molecular flexibility index (Phi) is 13.4. The molecule has 0 atom stereocenters. The average molecular weight is 425 g/mol. The molecule has 4 N–H and O–H groups in total. The highest BCUT2D eigenvalue weighted by molar-refractivity contribution is 5.84. The molecular weight excluding hydrogens is 380 g/mol. The van der Waals surface area contributed by atoms with Gasteiger partial charge in [0.25, 0.3) is 0 Å². The fourth-order valence-corrected chi connectivity index (χ4v) is 3.08. The van der Waals surface area contributed by atoms with Crippen molar-refractivity contribution in [3.8, 4) is 0 Å². The van der Waals surface area contributed by atoms with Gasteiger partial charge in [0, 0.05) is 49.9 Å². The van der Waals surface area contributed by atoms with Gasteiger partial charge in [-0.25, -0.2) is 0 Å². The normalized spacial score (nSPS) is 13.3. The summed E-state index contributed by atoms with van der Waals surface area (Å²) in [6.45, 7) is 18.0. The lowest BCUT2D eigenvalue weighted by molar-refractivity contribution is 0.305. The van der Waals surface area contributed by atoms with Gasteiger partial charge in [0.1, 0.15) is 0 Å².